The van der Waals surface area contributed by atoms with Gasteiger partial charge in [0.2, 0.25) is 5.91 Å². The van der Waals surface area contributed by atoms with Gasteiger partial charge in [-0.2, -0.15) is 0 Å². The fourth-order valence-corrected chi connectivity index (χ4v) is 2.71. The number of hydrogen-bond donors (Lipinski definition) is 3. The van der Waals surface area contributed by atoms with E-state index in [1.807, 2.05) is 66.7 Å². The fraction of sp³-hybridized carbons (Fsp3) is 0.0526. The normalized spacial score (nSPS) is 10.3. The summed E-state index contributed by atoms with van der Waals surface area (Å²) in [5.74, 6) is -0.296. The van der Waals surface area contributed by atoms with Crippen LogP contribution in [0.25, 0.3) is 10.8 Å². The van der Waals surface area contributed by atoms with Gasteiger partial charge in [0.15, 0.2) is 0 Å². The van der Waals surface area contributed by atoms with Crippen LogP contribution < -0.4 is 16.2 Å². The predicted molar refractivity (Wildman–Crippen MR) is 102 cm³/mol. The second kappa shape index (κ2) is 7.81. The maximum Gasteiger partial charge on any atom is 0.337 e. The van der Waals surface area contributed by atoms with Crippen molar-refractivity contribution in [1.82, 2.24) is 10.9 Å². The van der Waals surface area contributed by atoms with Gasteiger partial charge in [0.1, 0.15) is 0 Å². The molecule has 0 aliphatic rings. The highest BCUT2D eigenvalue weighted by molar-refractivity contribution is 9.10. The van der Waals surface area contributed by atoms with E-state index in [2.05, 4.69) is 32.1 Å². The number of halogens is 1. The van der Waals surface area contributed by atoms with Gasteiger partial charge in [-0.1, -0.05) is 64.5 Å². The first-order chi connectivity index (χ1) is 12.1. The number of nitrogens with one attached hydrogen (secondary N) is 3. The SMILES string of the molecule is O=C(Cc1ccc(Br)cc1)NNC(=O)Nc1cccc2ccccc12. The molecule has 126 valence electrons. The van der Waals surface area contributed by atoms with Crippen LogP contribution in [0, 0.1) is 0 Å². The van der Waals surface area contributed by atoms with Crippen molar-refractivity contribution in [1.29, 1.82) is 0 Å². The second-order valence-electron chi connectivity index (χ2n) is 5.46. The molecule has 3 N–H and O–H groups in total. The molecule has 3 aromatic rings. The van der Waals surface area contributed by atoms with Crippen LogP contribution in [0.15, 0.2) is 71.2 Å². The highest BCUT2D eigenvalue weighted by Gasteiger charge is 2.07. The summed E-state index contributed by atoms with van der Waals surface area (Å²) in [4.78, 5) is 23.9. The lowest BCUT2D eigenvalue weighted by Gasteiger charge is -2.11. The monoisotopic (exact) mass is 397 g/mol. The Kier molecular flexibility index (Phi) is 5.30. The summed E-state index contributed by atoms with van der Waals surface area (Å²) < 4.78 is 0.948. The molecule has 0 aliphatic heterocycles. The third kappa shape index (κ3) is 4.58. The molecule has 0 radical (unpaired) electrons. The van der Waals surface area contributed by atoms with Gasteiger partial charge in [0, 0.05) is 9.86 Å². The van der Waals surface area contributed by atoms with Crippen LogP contribution in [0.2, 0.25) is 0 Å². The van der Waals surface area contributed by atoms with Gasteiger partial charge in [-0.05, 0) is 29.1 Å². The first kappa shape index (κ1) is 17.0. The van der Waals surface area contributed by atoms with E-state index >= 15 is 0 Å². The summed E-state index contributed by atoms with van der Waals surface area (Å²) in [6.07, 6.45) is 0.182. The number of carbonyl (C=O) groups is 2. The smallest absolute Gasteiger partial charge is 0.306 e. The summed E-state index contributed by atoms with van der Waals surface area (Å²) in [6, 6.07) is 20.3. The average Bonchev–Trinajstić information content (AvgIpc) is 2.62. The lowest BCUT2D eigenvalue weighted by molar-refractivity contribution is -0.121. The molecule has 0 fully saturated rings. The molecular formula is C19H16BrN3O2. The molecule has 3 aromatic carbocycles. The highest BCUT2D eigenvalue weighted by Crippen LogP contribution is 2.22. The summed E-state index contributed by atoms with van der Waals surface area (Å²) in [5, 5.41) is 4.70. The van der Waals surface area contributed by atoms with Crippen LogP contribution in [0.4, 0.5) is 10.5 Å². The number of amides is 3. The van der Waals surface area contributed by atoms with E-state index in [-0.39, 0.29) is 12.3 Å². The quantitative estimate of drug-likeness (QED) is 0.584. The van der Waals surface area contributed by atoms with Crippen molar-refractivity contribution in [3.63, 3.8) is 0 Å². The Morgan fingerprint density at radius 3 is 2.36 bits per heavy atom. The Bertz CT molecular complexity index is 905. The largest absolute Gasteiger partial charge is 0.337 e. The number of benzene rings is 3. The van der Waals surface area contributed by atoms with E-state index in [0.717, 1.165) is 20.8 Å². The first-order valence-corrected chi connectivity index (χ1v) is 8.49. The topological polar surface area (TPSA) is 70.2 Å². The van der Waals surface area contributed by atoms with Gasteiger partial charge >= 0.3 is 6.03 Å². The predicted octanol–water partition coefficient (Wildman–Crippen LogP) is 4.00. The van der Waals surface area contributed by atoms with Crippen LogP contribution in [0.5, 0.6) is 0 Å². The minimum absolute atomic E-state index is 0.182. The Hall–Kier alpha value is -2.86. The zero-order chi connectivity index (χ0) is 17.6. The van der Waals surface area contributed by atoms with Crippen molar-refractivity contribution in [2.45, 2.75) is 6.42 Å². The molecular weight excluding hydrogens is 382 g/mol. The van der Waals surface area contributed by atoms with Crippen molar-refractivity contribution in [2.75, 3.05) is 5.32 Å². The molecule has 0 saturated carbocycles. The van der Waals surface area contributed by atoms with Gasteiger partial charge in [-0.25, -0.2) is 10.2 Å². The average molecular weight is 398 g/mol. The number of anilines is 1. The zero-order valence-electron chi connectivity index (χ0n) is 13.3. The van der Waals surface area contributed by atoms with Gasteiger partial charge < -0.3 is 5.32 Å². The minimum Gasteiger partial charge on any atom is -0.306 e. The molecule has 5 nitrogen and oxygen atoms in total. The summed E-state index contributed by atoms with van der Waals surface area (Å²) in [7, 11) is 0. The highest BCUT2D eigenvalue weighted by atomic mass is 79.9. The molecule has 0 saturated heterocycles. The summed E-state index contributed by atoms with van der Waals surface area (Å²) >= 11 is 3.34. The maximum absolute atomic E-state index is 12.0. The number of hydrazine groups is 1. The number of rotatable bonds is 3. The van der Waals surface area contributed by atoms with Crippen molar-refractivity contribution in [3.05, 3.63) is 76.8 Å². The van der Waals surface area contributed by atoms with E-state index in [0.29, 0.717) is 5.69 Å². The van der Waals surface area contributed by atoms with Gasteiger partial charge in [-0.15, -0.1) is 0 Å². The molecule has 6 heteroatoms. The van der Waals surface area contributed by atoms with E-state index < -0.39 is 6.03 Å². The van der Waals surface area contributed by atoms with E-state index in [1.165, 1.54) is 0 Å². The Balaban J connectivity index is 1.55. The fourth-order valence-electron chi connectivity index (χ4n) is 2.45. The molecule has 0 unspecified atom stereocenters. The molecule has 3 rings (SSSR count). The minimum atomic E-state index is -0.500. The van der Waals surface area contributed by atoms with Crippen molar-refractivity contribution >= 4 is 44.3 Å². The summed E-state index contributed by atoms with van der Waals surface area (Å²) in [5.41, 5.74) is 6.31. The molecule has 0 atom stereocenters. The zero-order valence-corrected chi connectivity index (χ0v) is 14.8. The number of fused-ring (bicyclic) bond motifs is 1. The van der Waals surface area contributed by atoms with Crippen LogP contribution in [0.3, 0.4) is 0 Å². The third-order valence-corrected chi connectivity index (χ3v) is 4.16. The van der Waals surface area contributed by atoms with E-state index in [9.17, 15) is 9.59 Å². The lowest BCUT2D eigenvalue weighted by atomic mass is 10.1. The molecule has 0 heterocycles. The van der Waals surface area contributed by atoms with Gasteiger partial charge in [0.25, 0.3) is 0 Å². The molecule has 0 aliphatic carbocycles. The number of urea groups is 1. The lowest BCUT2D eigenvalue weighted by Crippen LogP contribution is -2.44. The van der Waals surface area contributed by atoms with Gasteiger partial charge in [-0.3, -0.25) is 10.2 Å². The van der Waals surface area contributed by atoms with Crippen LogP contribution in [-0.4, -0.2) is 11.9 Å². The number of hydrogen-bond acceptors (Lipinski definition) is 2. The number of carbonyl (C=O) groups excluding carboxylic acids is 2. The Morgan fingerprint density at radius 2 is 1.56 bits per heavy atom. The molecule has 0 spiro atoms. The molecule has 0 aromatic heterocycles. The standard InChI is InChI=1S/C19H16BrN3O2/c20-15-10-8-13(9-11-15)12-18(24)22-23-19(25)21-17-7-3-5-14-4-1-2-6-16(14)17/h1-11H,12H2,(H,22,24)(H2,21,23,25). The van der Waals surface area contributed by atoms with Crippen LogP contribution in [0.1, 0.15) is 5.56 Å². The van der Waals surface area contributed by atoms with Crippen molar-refractivity contribution in [2.24, 2.45) is 0 Å². The van der Waals surface area contributed by atoms with Gasteiger partial charge in [0.05, 0.1) is 12.1 Å². The van der Waals surface area contributed by atoms with E-state index in [4.69, 9.17) is 0 Å². The Morgan fingerprint density at radius 1 is 0.840 bits per heavy atom. The third-order valence-electron chi connectivity index (χ3n) is 3.63. The van der Waals surface area contributed by atoms with Crippen molar-refractivity contribution in [3.8, 4) is 0 Å². The first-order valence-electron chi connectivity index (χ1n) is 7.70. The van der Waals surface area contributed by atoms with Crippen LogP contribution >= 0.6 is 15.9 Å². The molecule has 0 bridgehead atoms. The van der Waals surface area contributed by atoms with Crippen molar-refractivity contribution < 1.29 is 9.59 Å². The maximum atomic E-state index is 12.0. The molecule has 3 amide bonds. The van der Waals surface area contributed by atoms with Crippen LogP contribution in [-0.2, 0) is 11.2 Å². The Labute approximate surface area is 153 Å². The second-order valence-corrected chi connectivity index (χ2v) is 6.37. The summed E-state index contributed by atoms with van der Waals surface area (Å²) in [6.45, 7) is 0. The van der Waals surface area contributed by atoms with E-state index in [1.54, 1.807) is 0 Å². The molecule has 25 heavy (non-hydrogen) atoms.